The molecule has 1 rings (SSSR count). The van der Waals surface area contributed by atoms with Gasteiger partial charge in [-0.2, -0.15) is 0 Å². The van der Waals surface area contributed by atoms with Crippen LogP contribution in [0.15, 0.2) is 28.0 Å². The number of hydrogen-bond donors (Lipinski definition) is 0. The van der Waals surface area contributed by atoms with Crippen LogP contribution in [0.1, 0.15) is 13.3 Å². The van der Waals surface area contributed by atoms with Crippen molar-refractivity contribution >= 4 is 12.1 Å². The first-order chi connectivity index (χ1) is 4.43. The summed E-state index contributed by atoms with van der Waals surface area (Å²) in [6.45, 7) is 2.05. The van der Waals surface area contributed by atoms with Crippen molar-refractivity contribution < 1.29 is 0 Å². The van der Waals surface area contributed by atoms with Crippen LogP contribution in [0.4, 0.5) is 0 Å². The van der Waals surface area contributed by atoms with Crippen LogP contribution in [0.3, 0.4) is 0 Å². The molecule has 0 radical (unpaired) electrons. The topological polar surface area (TPSA) is 24.7 Å². The van der Waals surface area contributed by atoms with E-state index in [1.54, 1.807) is 18.5 Å². The van der Waals surface area contributed by atoms with Crippen LogP contribution in [0, 0.1) is 0 Å². The van der Waals surface area contributed by atoms with Gasteiger partial charge in [0.1, 0.15) is 0 Å². The van der Waals surface area contributed by atoms with Gasteiger partial charge in [-0.15, -0.1) is 0 Å². The molecule has 1 heterocycles. The number of allylic oxidation sites excluding steroid dienone is 2. The first-order valence-corrected chi connectivity index (χ1v) is 2.93. The molecule has 0 amide bonds. The summed E-state index contributed by atoms with van der Waals surface area (Å²) in [5, 5.41) is 0. The zero-order valence-electron chi connectivity index (χ0n) is 5.33. The fourth-order valence-electron chi connectivity index (χ4n) is 0.537. The summed E-state index contributed by atoms with van der Waals surface area (Å²) in [6, 6.07) is 0. The highest BCUT2D eigenvalue weighted by Gasteiger charge is 1.86. The maximum absolute atomic E-state index is 4.07. The lowest BCUT2D eigenvalue weighted by Gasteiger charge is -1.88. The van der Waals surface area contributed by atoms with Crippen molar-refractivity contribution in [3.63, 3.8) is 0 Å². The second kappa shape index (κ2) is 3.00. The minimum Gasteiger partial charge on any atom is -0.259 e. The number of nitrogens with zero attached hydrogens (tertiary/aromatic N) is 2. The lowest BCUT2D eigenvalue weighted by molar-refractivity contribution is 1.06. The van der Waals surface area contributed by atoms with Crippen molar-refractivity contribution in [2.24, 2.45) is 9.98 Å². The SMILES string of the molecule is CCC1=CN=C=CC=N1. The van der Waals surface area contributed by atoms with Crippen molar-refractivity contribution in [2.75, 3.05) is 0 Å². The molecule has 0 aromatic carbocycles. The predicted octanol–water partition coefficient (Wildman–Crippen LogP) is 1.55. The summed E-state index contributed by atoms with van der Waals surface area (Å²) in [6.07, 6.45) is 6.04. The lowest BCUT2D eigenvalue weighted by Crippen LogP contribution is -1.72. The first-order valence-electron chi connectivity index (χ1n) is 2.93. The molecule has 2 nitrogen and oxygen atoms in total. The number of hydrogen-bond acceptors (Lipinski definition) is 2. The van der Waals surface area contributed by atoms with Crippen molar-refractivity contribution in [1.29, 1.82) is 0 Å². The van der Waals surface area contributed by atoms with Gasteiger partial charge in [0.15, 0.2) is 0 Å². The smallest absolute Gasteiger partial charge is 0.0591 e. The van der Waals surface area contributed by atoms with Gasteiger partial charge in [-0.1, -0.05) is 6.92 Å². The first kappa shape index (κ1) is 5.99. The maximum atomic E-state index is 4.07. The monoisotopic (exact) mass is 120 g/mol. The highest BCUT2D eigenvalue weighted by Crippen LogP contribution is 2.01. The van der Waals surface area contributed by atoms with E-state index in [1.807, 2.05) is 6.92 Å². The fourth-order valence-corrected chi connectivity index (χ4v) is 0.537. The van der Waals surface area contributed by atoms with Crippen LogP contribution in [0.2, 0.25) is 0 Å². The average molecular weight is 120 g/mol. The Bertz CT molecular complexity index is 205. The average Bonchev–Trinajstić information content (AvgIpc) is 2.13. The van der Waals surface area contributed by atoms with Crippen LogP contribution in [-0.2, 0) is 0 Å². The molecule has 0 saturated heterocycles. The van der Waals surface area contributed by atoms with E-state index in [9.17, 15) is 0 Å². The molecule has 0 fully saturated rings. The summed E-state index contributed by atoms with van der Waals surface area (Å²) >= 11 is 0. The highest BCUT2D eigenvalue weighted by molar-refractivity contribution is 5.84. The molecule has 0 aromatic rings. The molecule has 2 heteroatoms. The van der Waals surface area contributed by atoms with E-state index in [0.717, 1.165) is 12.1 Å². The molecular weight excluding hydrogens is 112 g/mol. The van der Waals surface area contributed by atoms with Crippen LogP contribution >= 0.6 is 0 Å². The van der Waals surface area contributed by atoms with Crippen LogP contribution in [-0.4, -0.2) is 12.1 Å². The van der Waals surface area contributed by atoms with E-state index in [-0.39, 0.29) is 0 Å². The fraction of sp³-hybridized carbons (Fsp3) is 0.286. The quantitative estimate of drug-likeness (QED) is 0.501. The molecule has 0 atom stereocenters. The lowest BCUT2D eigenvalue weighted by atomic mass is 10.4. The van der Waals surface area contributed by atoms with Gasteiger partial charge in [-0.25, -0.2) is 4.99 Å². The van der Waals surface area contributed by atoms with E-state index >= 15 is 0 Å². The molecule has 0 spiro atoms. The van der Waals surface area contributed by atoms with E-state index < -0.39 is 0 Å². The molecule has 0 aromatic heterocycles. The molecule has 46 valence electrons. The zero-order valence-corrected chi connectivity index (χ0v) is 5.33. The Morgan fingerprint density at radius 2 is 2.56 bits per heavy atom. The Hall–Kier alpha value is -1.14. The van der Waals surface area contributed by atoms with E-state index in [4.69, 9.17) is 0 Å². The molecule has 0 unspecified atom stereocenters. The minimum absolute atomic E-state index is 0.926. The van der Waals surface area contributed by atoms with E-state index in [1.165, 1.54) is 0 Å². The molecule has 0 saturated carbocycles. The number of aliphatic imine (C=N–C) groups is 2. The third-order valence-corrected chi connectivity index (χ3v) is 1.04. The molecule has 1 aliphatic heterocycles. The summed E-state index contributed by atoms with van der Waals surface area (Å²) in [7, 11) is 0. The predicted molar refractivity (Wildman–Crippen MR) is 38.9 cm³/mol. The largest absolute Gasteiger partial charge is 0.259 e. The Balaban J connectivity index is 2.78. The van der Waals surface area contributed by atoms with Gasteiger partial charge in [-0.3, -0.25) is 4.99 Å². The Kier molecular flexibility index (Phi) is 2.00. The van der Waals surface area contributed by atoms with Crippen LogP contribution in [0.25, 0.3) is 0 Å². The number of rotatable bonds is 1. The molecule has 9 heavy (non-hydrogen) atoms. The maximum Gasteiger partial charge on any atom is 0.0591 e. The molecule has 0 bridgehead atoms. The Morgan fingerprint density at radius 3 is 3.33 bits per heavy atom. The van der Waals surface area contributed by atoms with Gasteiger partial charge in [0.25, 0.3) is 0 Å². The standard InChI is InChI=1S/C7H8N2/c1-2-7-6-8-4-3-5-9-7/h3,5-6H,2H2,1H3. The van der Waals surface area contributed by atoms with Gasteiger partial charge >= 0.3 is 0 Å². The van der Waals surface area contributed by atoms with E-state index in [2.05, 4.69) is 15.9 Å². The van der Waals surface area contributed by atoms with Crippen molar-refractivity contribution in [1.82, 2.24) is 0 Å². The Morgan fingerprint density at radius 1 is 1.67 bits per heavy atom. The van der Waals surface area contributed by atoms with Gasteiger partial charge in [0, 0.05) is 12.3 Å². The van der Waals surface area contributed by atoms with Crippen molar-refractivity contribution in [3.8, 4) is 0 Å². The van der Waals surface area contributed by atoms with Crippen LogP contribution < -0.4 is 0 Å². The van der Waals surface area contributed by atoms with Crippen LogP contribution in [0.5, 0.6) is 0 Å². The summed E-state index contributed by atoms with van der Waals surface area (Å²) in [5.41, 5.74) is 0.997. The summed E-state index contributed by atoms with van der Waals surface area (Å²) < 4.78 is 0. The Labute approximate surface area is 54.3 Å². The zero-order chi connectivity index (χ0) is 6.53. The van der Waals surface area contributed by atoms with Gasteiger partial charge in [0.2, 0.25) is 0 Å². The van der Waals surface area contributed by atoms with Gasteiger partial charge in [0.05, 0.1) is 11.9 Å². The summed E-state index contributed by atoms with van der Waals surface area (Å²) in [5.74, 6) is 2.69. The normalized spacial score (nSPS) is 15.4. The van der Waals surface area contributed by atoms with Crippen molar-refractivity contribution in [2.45, 2.75) is 13.3 Å². The van der Waals surface area contributed by atoms with E-state index in [0.29, 0.717) is 0 Å². The molecular formula is C7H8N2. The molecule has 0 N–H and O–H groups in total. The highest BCUT2D eigenvalue weighted by atomic mass is 14.8. The molecule has 1 aliphatic rings. The summed E-state index contributed by atoms with van der Waals surface area (Å²) in [4.78, 5) is 7.90. The third kappa shape index (κ3) is 1.67. The van der Waals surface area contributed by atoms with Crippen molar-refractivity contribution in [3.05, 3.63) is 18.0 Å². The molecule has 0 aliphatic carbocycles. The third-order valence-electron chi connectivity index (χ3n) is 1.04. The second-order valence-electron chi connectivity index (χ2n) is 1.68. The second-order valence-corrected chi connectivity index (χ2v) is 1.68. The van der Waals surface area contributed by atoms with Gasteiger partial charge < -0.3 is 0 Å². The van der Waals surface area contributed by atoms with Gasteiger partial charge in [-0.05, 0) is 12.3 Å². The minimum atomic E-state index is 0.926.